The smallest absolute Gasteiger partial charge is 0.309 e. The lowest BCUT2D eigenvalue weighted by Gasteiger charge is -2.14. The summed E-state index contributed by atoms with van der Waals surface area (Å²) in [4.78, 5) is 16.2. The van der Waals surface area contributed by atoms with Gasteiger partial charge in [-0.3, -0.25) is 14.3 Å². The third-order valence-corrected chi connectivity index (χ3v) is 5.36. The molecule has 0 unspecified atom stereocenters. The first-order valence-corrected chi connectivity index (χ1v) is 9.89. The lowest BCUT2D eigenvalue weighted by molar-refractivity contribution is -0.117. The highest BCUT2D eigenvalue weighted by Gasteiger charge is 2.41. The second kappa shape index (κ2) is 6.64. The molecule has 5 aromatic rings. The summed E-state index contributed by atoms with van der Waals surface area (Å²) in [5.41, 5.74) is 1.51. The van der Waals surface area contributed by atoms with Crippen molar-refractivity contribution in [3.05, 3.63) is 60.6 Å². The largest absolute Gasteiger partial charge is 0.350 e. The Balaban J connectivity index is 1.38. The van der Waals surface area contributed by atoms with E-state index in [1.165, 1.54) is 33.4 Å². The number of halogens is 2. The Labute approximate surface area is 178 Å². The van der Waals surface area contributed by atoms with E-state index in [2.05, 4.69) is 35.8 Å². The van der Waals surface area contributed by atoms with Crippen LogP contribution >= 0.6 is 0 Å². The Morgan fingerprint density at radius 2 is 1.94 bits per heavy atom. The van der Waals surface area contributed by atoms with Gasteiger partial charge in [0.15, 0.2) is 17.1 Å². The van der Waals surface area contributed by atoms with Gasteiger partial charge in [-0.2, -0.15) is 19.0 Å². The number of imidazole rings is 1. The standard InChI is InChI=1S/C20H15F2N9O/c21-20(22,19-28-27-17-5-3-12(9-30(17)19)13-7-23-24-8-13)14-4-6-16-25-15(10-31(16)29-14)26-18(32)11-1-2-11/h3-11H,1-2H2,(H,23,24)(H,26,32). The summed E-state index contributed by atoms with van der Waals surface area (Å²) < 4.78 is 33.4. The minimum absolute atomic E-state index is 0.000766. The zero-order valence-electron chi connectivity index (χ0n) is 16.4. The van der Waals surface area contributed by atoms with E-state index in [1.807, 2.05) is 0 Å². The molecule has 0 aliphatic heterocycles. The second-order valence-electron chi connectivity index (χ2n) is 7.64. The van der Waals surface area contributed by atoms with Crippen LogP contribution in [0, 0.1) is 5.92 Å². The first-order valence-electron chi connectivity index (χ1n) is 9.89. The van der Waals surface area contributed by atoms with Gasteiger partial charge in [0.25, 0.3) is 0 Å². The van der Waals surface area contributed by atoms with Gasteiger partial charge < -0.3 is 5.32 Å². The SMILES string of the molecule is O=C(Nc1cn2nc(C(F)(F)c3nnc4ccc(-c5cn[nH]c5)cn34)ccc2n1)C1CC1. The molecule has 1 aliphatic rings. The average Bonchev–Trinajstić information content (AvgIpc) is 3.17. The van der Waals surface area contributed by atoms with Crippen molar-refractivity contribution in [2.45, 2.75) is 18.8 Å². The maximum Gasteiger partial charge on any atom is 0.350 e. The van der Waals surface area contributed by atoms with Crippen LogP contribution in [0.25, 0.3) is 22.4 Å². The normalized spacial score (nSPS) is 14.3. The number of amides is 1. The van der Waals surface area contributed by atoms with Crippen molar-refractivity contribution in [2.75, 3.05) is 5.32 Å². The number of aromatic amines is 1. The summed E-state index contributed by atoms with van der Waals surface area (Å²) in [5, 5.41) is 20.9. The zero-order chi connectivity index (χ0) is 21.9. The monoisotopic (exact) mass is 435 g/mol. The highest BCUT2D eigenvalue weighted by Crippen LogP contribution is 2.34. The van der Waals surface area contributed by atoms with Crippen molar-refractivity contribution >= 4 is 23.0 Å². The molecule has 0 aromatic carbocycles. The number of carbonyl (C=O) groups excluding carboxylic acids is 1. The highest BCUT2D eigenvalue weighted by molar-refractivity contribution is 5.93. The molecular weight excluding hydrogens is 420 g/mol. The van der Waals surface area contributed by atoms with Gasteiger partial charge in [-0.05, 0) is 37.1 Å². The van der Waals surface area contributed by atoms with Crippen LogP contribution in [-0.4, -0.2) is 45.3 Å². The molecule has 0 saturated heterocycles. The number of fused-ring (bicyclic) bond motifs is 2. The summed E-state index contributed by atoms with van der Waals surface area (Å²) >= 11 is 0. The van der Waals surface area contributed by atoms with Crippen molar-refractivity contribution < 1.29 is 13.6 Å². The Kier molecular flexibility index (Phi) is 3.85. The molecular formula is C20H15F2N9O. The molecule has 12 heteroatoms. The molecule has 0 atom stereocenters. The second-order valence-corrected chi connectivity index (χ2v) is 7.64. The van der Waals surface area contributed by atoms with E-state index in [9.17, 15) is 4.79 Å². The van der Waals surface area contributed by atoms with Crippen LogP contribution in [0.1, 0.15) is 24.4 Å². The van der Waals surface area contributed by atoms with Crippen molar-refractivity contribution in [1.29, 1.82) is 0 Å². The number of carbonyl (C=O) groups is 1. The topological polar surface area (TPSA) is 118 Å². The van der Waals surface area contributed by atoms with E-state index < -0.39 is 17.4 Å². The number of hydrogen-bond donors (Lipinski definition) is 2. The maximum absolute atomic E-state index is 15.5. The molecule has 5 heterocycles. The van der Waals surface area contributed by atoms with E-state index in [1.54, 1.807) is 24.5 Å². The number of nitrogens with zero attached hydrogens (tertiary/aromatic N) is 7. The van der Waals surface area contributed by atoms with Crippen molar-refractivity contribution in [2.24, 2.45) is 5.92 Å². The fourth-order valence-electron chi connectivity index (χ4n) is 3.48. The Morgan fingerprint density at radius 3 is 2.72 bits per heavy atom. The van der Waals surface area contributed by atoms with Crippen LogP contribution in [0.5, 0.6) is 0 Å². The molecule has 32 heavy (non-hydrogen) atoms. The van der Waals surface area contributed by atoms with Gasteiger partial charge in [0.2, 0.25) is 11.7 Å². The van der Waals surface area contributed by atoms with Crippen LogP contribution in [-0.2, 0) is 10.7 Å². The number of nitrogens with one attached hydrogen (secondary N) is 2. The number of pyridine rings is 1. The summed E-state index contributed by atoms with van der Waals surface area (Å²) in [7, 11) is 0. The number of H-pyrrole nitrogens is 1. The predicted molar refractivity (Wildman–Crippen MR) is 108 cm³/mol. The molecule has 0 bridgehead atoms. The van der Waals surface area contributed by atoms with Crippen LogP contribution < -0.4 is 5.32 Å². The molecule has 2 N–H and O–H groups in total. The molecule has 0 radical (unpaired) electrons. The van der Waals surface area contributed by atoms with Gasteiger partial charge in [-0.15, -0.1) is 10.2 Å². The number of alkyl halides is 2. The van der Waals surface area contributed by atoms with Crippen LogP contribution in [0.4, 0.5) is 14.6 Å². The molecule has 1 aliphatic carbocycles. The molecule has 1 fully saturated rings. The molecule has 0 spiro atoms. The number of aromatic nitrogens is 8. The molecule has 1 saturated carbocycles. The van der Waals surface area contributed by atoms with Crippen LogP contribution in [0.2, 0.25) is 0 Å². The summed E-state index contributed by atoms with van der Waals surface area (Å²) in [5.74, 6) is -3.95. The highest BCUT2D eigenvalue weighted by atomic mass is 19.3. The van der Waals surface area contributed by atoms with Crippen LogP contribution in [0.15, 0.2) is 49.1 Å². The van der Waals surface area contributed by atoms with E-state index in [0.717, 1.165) is 18.4 Å². The summed E-state index contributed by atoms with van der Waals surface area (Å²) in [6.45, 7) is 0. The molecule has 1 amide bonds. The van der Waals surface area contributed by atoms with Gasteiger partial charge in [-0.1, -0.05) is 0 Å². The van der Waals surface area contributed by atoms with Gasteiger partial charge >= 0.3 is 5.92 Å². The van der Waals surface area contributed by atoms with E-state index in [4.69, 9.17) is 0 Å². The molecule has 6 rings (SSSR count). The molecule has 10 nitrogen and oxygen atoms in total. The maximum atomic E-state index is 15.5. The van der Waals surface area contributed by atoms with E-state index >= 15 is 8.78 Å². The van der Waals surface area contributed by atoms with E-state index in [-0.39, 0.29) is 23.3 Å². The first-order chi connectivity index (χ1) is 15.5. The van der Waals surface area contributed by atoms with Gasteiger partial charge in [0.1, 0.15) is 5.69 Å². The predicted octanol–water partition coefficient (Wildman–Crippen LogP) is 2.65. The minimum Gasteiger partial charge on any atom is -0.309 e. The zero-order valence-corrected chi connectivity index (χ0v) is 16.4. The third kappa shape index (κ3) is 2.99. The Bertz CT molecular complexity index is 1470. The molecule has 160 valence electrons. The Morgan fingerprint density at radius 1 is 1.09 bits per heavy atom. The van der Waals surface area contributed by atoms with Crippen molar-refractivity contribution in [3.8, 4) is 11.1 Å². The van der Waals surface area contributed by atoms with Gasteiger partial charge in [-0.25, -0.2) is 9.50 Å². The Hall–Kier alpha value is -4.22. The van der Waals surface area contributed by atoms with Gasteiger partial charge in [0, 0.05) is 29.4 Å². The van der Waals surface area contributed by atoms with E-state index in [0.29, 0.717) is 11.2 Å². The lowest BCUT2D eigenvalue weighted by Crippen LogP contribution is -2.22. The van der Waals surface area contributed by atoms with Crippen molar-refractivity contribution in [3.63, 3.8) is 0 Å². The molecule has 5 aromatic heterocycles. The number of hydrogen-bond acceptors (Lipinski definition) is 6. The fourth-order valence-corrected chi connectivity index (χ4v) is 3.48. The number of rotatable bonds is 5. The lowest BCUT2D eigenvalue weighted by atomic mass is 10.1. The summed E-state index contributed by atoms with van der Waals surface area (Å²) in [6.07, 6.45) is 7.90. The quantitative estimate of drug-likeness (QED) is 0.438. The average molecular weight is 435 g/mol. The van der Waals surface area contributed by atoms with Crippen molar-refractivity contribution in [1.82, 2.24) is 39.4 Å². The minimum atomic E-state index is -3.54. The van der Waals surface area contributed by atoms with Crippen LogP contribution in [0.3, 0.4) is 0 Å². The third-order valence-electron chi connectivity index (χ3n) is 5.36. The number of anilines is 1. The fraction of sp³-hybridized carbons (Fsp3) is 0.200. The van der Waals surface area contributed by atoms with Gasteiger partial charge in [0.05, 0.1) is 12.4 Å². The first kappa shape index (κ1) is 18.5. The summed E-state index contributed by atoms with van der Waals surface area (Å²) in [6, 6.07) is 5.97.